The lowest BCUT2D eigenvalue weighted by Gasteiger charge is -2.32. The minimum atomic E-state index is -4.22. The Bertz CT molecular complexity index is 1190. The smallest absolute Gasteiger partial charge is 0.353 e. The highest BCUT2D eigenvalue weighted by Gasteiger charge is 2.62. The molecular weight excluding hydrogens is 407 g/mol. The van der Waals surface area contributed by atoms with Gasteiger partial charge in [0.15, 0.2) is 0 Å². The Labute approximate surface area is 176 Å². The summed E-state index contributed by atoms with van der Waals surface area (Å²) in [5.74, 6) is 0.0887. The SMILES string of the molecule is CC1(C)CNC(=O)c2ccc(-c3c[nH]c4nc(NCC5(C(F)(F)F)CC5)ncc34)cc21. The molecule has 5 rings (SSSR count). The molecule has 0 radical (unpaired) electrons. The van der Waals surface area contributed by atoms with Gasteiger partial charge < -0.3 is 15.6 Å². The van der Waals surface area contributed by atoms with E-state index in [0.29, 0.717) is 17.8 Å². The van der Waals surface area contributed by atoms with Gasteiger partial charge in [0, 0.05) is 47.4 Å². The Hall–Kier alpha value is -3.10. The number of nitrogens with zero attached hydrogens (tertiary/aromatic N) is 2. The van der Waals surface area contributed by atoms with Gasteiger partial charge in [0.1, 0.15) is 5.65 Å². The zero-order valence-electron chi connectivity index (χ0n) is 17.2. The monoisotopic (exact) mass is 429 g/mol. The highest BCUT2D eigenvalue weighted by molar-refractivity contribution is 5.99. The lowest BCUT2D eigenvalue weighted by molar-refractivity contribution is -0.182. The first kappa shape index (κ1) is 19.8. The number of benzene rings is 1. The summed E-state index contributed by atoms with van der Waals surface area (Å²) in [5, 5.41) is 6.42. The number of H-pyrrole nitrogens is 1. The van der Waals surface area contributed by atoms with Crippen molar-refractivity contribution >= 4 is 22.9 Å². The summed E-state index contributed by atoms with van der Waals surface area (Å²) in [6.45, 7) is 4.50. The summed E-state index contributed by atoms with van der Waals surface area (Å²) in [7, 11) is 0. The van der Waals surface area contributed by atoms with Crippen molar-refractivity contribution in [2.24, 2.45) is 5.41 Å². The number of carbonyl (C=O) groups excluding carboxylic acids is 1. The van der Waals surface area contributed by atoms with Crippen molar-refractivity contribution in [1.29, 1.82) is 0 Å². The third-order valence-electron chi connectivity index (χ3n) is 6.47. The molecule has 2 aliphatic rings. The number of fused-ring (bicyclic) bond motifs is 2. The van der Waals surface area contributed by atoms with Gasteiger partial charge in [-0.05, 0) is 36.1 Å². The number of anilines is 1. The molecule has 3 aromatic rings. The van der Waals surface area contributed by atoms with E-state index in [0.717, 1.165) is 22.1 Å². The number of nitrogens with one attached hydrogen (secondary N) is 3. The van der Waals surface area contributed by atoms with Gasteiger partial charge in [-0.2, -0.15) is 18.2 Å². The Balaban J connectivity index is 1.44. The average molecular weight is 429 g/mol. The highest BCUT2D eigenvalue weighted by atomic mass is 19.4. The van der Waals surface area contributed by atoms with Gasteiger partial charge in [0.25, 0.3) is 5.91 Å². The van der Waals surface area contributed by atoms with Crippen LogP contribution in [0, 0.1) is 5.41 Å². The molecule has 0 saturated heterocycles. The predicted molar refractivity (Wildman–Crippen MR) is 111 cm³/mol. The van der Waals surface area contributed by atoms with Crippen LogP contribution in [0.3, 0.4) is 0 Å². The number of aromatic nitrogens is 3. The maximum absolute atomic E-state index is 13.1. The molecule has 1 aromatic carbocycles. The standard InChI is InChI=1S/C22H22F3N5O/c1-20(2)10-28-18(31)13-4-3-12(7-16(13)20)14-8-26-17-15(14)9-27-19(30-17)29-11-21(5-6-21)22(23,24)25/h3-4,7-9H,5-6,10-11H2,1-2H3,(H,28,31)(H2,26,27,29,30). The second kappa shape index (κ2) is 6.45. The second-order valence-corrected chi connectivity index (χ2v) is 9.12. The minimum absolute atomic E-state index is 0.0776. The first-order valence-corrected chi connectivity index (χ1v) is 10.2. The molecule has 0 atom stereocenters. The van der Waals surface area contributed by atoms with E-state index in [1.807, 2.05) is 18.2 Å². The van der Waals surface area contributed by atoms with Crippen LogP contribution in [-0.4, -0.2) is 40.1 Å². The van der Waals surface area contributed by atoms with Crippen molar-refractivity contribution in [3.63, 3.8) is 0 Å². The normalized spacial score (nSPS) is 19.1. The topological polar surface area (TPSA) is 82.7 Å². The number of carbonyl (C=O) groups is 1. The Morgan fingerprint density at radius 2 is 1.97 bits per heavy atom. The maximum Gasteiger partial charge on any atom is 0.396 e. The predicted octanol–water partition coefficient (Wildman–Crippen LogP) is 4.40. The van der Waals surface area contributed by atoms with E-state index in [2.05, 4.69) is 39.4 Å². The molecule has 162 valence electrons. The molecule has 0 spiro atoms. The number of alkyl halides is 3. The summed E-state index contributed by atoms with van der Waals surface area (Å²) in [4.78, 5) is 23.9. The fourth-order valence-corrected chi connectivity index (χ4v) is 4.15. The first-order chi connectivity index (χ1) is 14.6. The summed E-state index contributed by atoms with van der Waals surface area (Å²) in [5.41, 5.74) is 2.13. The fourth-order valence-electron chi connectivity index (χ4n) is 4.15. The summed E-state index contributed by atoms with van der Waals surface area (Å²) >= 11 is 0. The molecule has 2 aromatic heterocycles. The van der Waals surface area contributed by atoms with Gasteiger partial charge in [0.2, 0.25) is 5.95 Å². The number of amides is 1. The molecule has 3 N–H and O–H groups in total. The molecule has 31 heavy (non-hydrogen) atoms. The van der Waals surface area contributed by atoms with Gasteiger partial charge in [-0.25, -0.2) is 4.98 Å². The zero-order chi connectivity index (χ0) is 22.0. The minimum Gasteiger partial charge on any atom is -0.353 e. The van der Waals surface area contributed by atoms with E-state index >= 15 is 0 Å². The maximum atomic E-state index is 13.1. The second-order valence-electron chi connectivity index (χ2n) is 9.12. The van der Waals surface area contributed by atoms with Gasteiger partial charge in [0.05, 0.1) is 5.41 Å². The molecule has 9 heteroatoms. The molecule has 0 unspecified atom stereocenters. The number of hydrogen-bond donors (Lipinski definition) is 3. The van der Waals surface area contributed by atoms with Gasteiger partial charge in [-0.3, -0.25) is 4.79 Å². The molecule has 3 heterocycles. The van der Waals surface area contributed by atoms with Crippen LogP contribution in [0.15, 0.2) is 30.6 Å². The molecule has 1 amide bonds. The summed E-state index contributed by atoms with van der Waals surface area (Å²) in [6, 6.07) is 5.72. The molecular formula is C22H22F3N5O. The number of aromatic amines is 1. The van der Waals surface area contributed by atoms with Gasteiger partial charge >= 0.3 is 6.18 Å². The van der Waals surface area contributed by atoms with E-state index in [-0.39, 0.29) is 36.7 Å². The van der Waals surface area contributed by atoms with Crippen molar-refractivity contribution in [1.82, 2.24) is 20.3 Å². The van der Waals surface area contributed by atoms with Crippen LogP contribution in [0.4, 0.5) is 19.1 Å². The van der Waals surface area contributed by atoms with Crippen molar-refractivity contribution in [3.8, 4) is 11.1 Å². The molecule has 1 fully saturated rings. The van der Waals surface area contributed by atoms with E-state index in [4.69, 9.17) is 0 Å². The highest BCUT2D eigenvalue weighted by Crippen LogP contribution is 2.57. The van der Waals surface area contributed by atoms with Crippen LogP contribution in [0.25, 0.3) is 22.2 Å². The molecule has 1 saturated carbocycles. The summed E-state index contributed by atoms with van der Waals surface area (Å²) in [6.07, 6.45) is -0.545. The van der Waals surface area contributed by atoms with Crippen LogP contribution in [0.5, 0.6) is 0 Å². The molecule has 1 aliphatic carbocycles. The van der Waals surface area contributed by atoms with Crippen molar-refractivity contribution in [3.05, 3.63) is 41.7 Å². The van der Waals surface area contributed by atoms with Crippen molar-refractivity contribution < 1.29 is 18.0 Å². The number of halogens is 3. The van der Waals surface area contributed by atoms with E-state index < -0.39 is 11.6 Å². The summed E-state index contributed by atoms with van der Waals surface area (Å²) < 4.78 is 39.4. The Morgan fingerprint density at radius 1 is 1.19 bits per heavy atom. The molecule has 0 bridgehead atoms. The van der Waals surface area contributed by atoms with Gasteiger partial charge in [-0.15, -0.1) is 0 Å². The quantitative estimate of drug-likeness (QED) is 0.574. The zero-order valence-corrected chi connectivity index (χ0v) is 17.2. The van der Waals surface area contributed by atoms with Crippen molar-refractivity contribution in [2.45, 2.75) is 38.3 Å². The third-order valence-corrected chi connectivity index (χ3v) is 6.47. The molecule has 1 aliphatic heterocycles. The largest absolute Gasteiger partial charge is 0.396 e. The third kappa shape index (κ3) is 3.23. The van der Waals surface area contributed by atoms with Crippen molar-refractivity contribution in [2.75, 3.05) is 18.4 Å². The van der Waals surface area contributed by atoms with Crippen LogP contribution < -0.4 is 10.6 Å². The fraction of sp³-hybridized carbons (Fsp3) is 0.409. The average Bonchev–Trinajstić information content (AvgIpc) is 3.42. The van der Waals surface area contributed by atoms with E-state index in [1.165, 1.54) is 0 Å². The Kier molecular flexibility index (Phi) is 4.13. The number of rotatable bonds is 4. The van der Waals surface area contributed by atoms with E-state index in [1.54, 1.807) is 12.4 Å². The van der Waals surface area contributed by atoms with Crippen LogP contribution in [-0.2, 0) is 5.41 Å². The first-order valence-electron chi connectivity index (χ1n) is 10.2. The molecule has 6 nitrogen and oxygen atoms in total. The lowest BCUT2D eigenvalue weighted by atomic mass is 9.78. The van der Waals surface area contributed by atoms with Crippen LogP contribution in [0.1, 0.15) is 42.6 Å². The van der Waals surface area contributed by atoms with Gasteiger partial charge in [-0.1, -0.05) is 19.9 Å². The van der Waals surface area contributed by atoms with Crippen LogP contribution >= 0.6 is 0 Å². The lowest BCUT2D eigenvalue weighted by Crippen LogP contribution is -2.43. The number of hydrogen-bond acceptors (Lipinski definition) is 4. The van der Waals surface area contributed by atoms with Crippen LogP contribution in [0.2, 0.25) is 0 Å². The van der Waals surface area contributed by atoms with E-state index in [9.17, 15) is 18.0 Å². The Morgan fingerprint density at radius 3 is 2.68 bits per heavy atom.